The molecule has 5 rings (SSSR count). The number of nitrogens with one attached hydrogen (secondary N) is 3. The number of imide groups is 1. The third-order valence-corrected chi connectivity index (χ3v) is 6.69. The van der Waals surface area contributed by atoms with Crippen molar-refractivity contribution in [3.8, 4) is 0 Å². The predicted octanol–water partition coefficient (Wildman–Crippen LogP) is 2.08. The summed E-state index contributed by atoms with van der Waals surface area (Å²) < 4.78 is 0. The lowest BCUT2D eigenvalue weighted by Crippen LogP contribution is -2.62. The van der Waals surface area contributed by atoms with Crippen LogP contribution < -0.4 is 10.6 Å². The van der Waals surface area contributed by atoms with E-state index >= 15 is 0 Å². The SMILES string of the molecule is C[C@H](Sc1ncn[nH]1)C(=O)NC(=O)NC12CC3CC(CC(C3)C1)C2. The smallest absolute Gasteiger partial charge is 0.321 e. The molecular formula is C16H23N5O2S. The topological polar surface area (TPSA) is 99.8 Å². The summed E-state index contributed by atoms with van der Waals surface area (Å²) in [7, 11) is 0. The van der Waals surface area contributed by atoms with Crippen LogP contribution in [-0.2, 0) is 4.79 Å². The Morgan fingerprint density at radius 1 is 1.25 bits per heavy atom. The van der Waals surface area contributed by atoms with Crippen molar-refractivity contribution in [1.82, 2.24) is 25.8 Å². The lowest BCUT2D eigenvalue weighted by molar-refractivity contribution is -0.119. The highest BCUT2D eigenvalue weighted by Crippen LogP contribution is 2.55. The average molecular weight is 349 g/mol. The Morgan fingerprint density at radius 3 is 2.42 bits per heavy atom. The molecule has 4 fully saturated rings. The molecule has 1 aromatic rings. The van der Waals surface area contributed by atoms with Crippen LogP contribution in [0.3, 0.4) is 0 Å². The van der Waals surface area contributed by atoms with Gasteiger partial charge < -0.3 is 5.32 Å². The highest BCUT2D eigenvalue weighted by molar-refractivity contribution is 8.00. The number of carbonyl (C=O) groups excluding carboxylic acids is 2. The van der Waals surface area contributed by atoms with Crippen LogP contribution in [0.2, 0.25) is 0 Å². The Morgan fingerprint density at radius 2 is 1.88 bits per heavy atom. The Kier molecular flexibility index (Phi) is 4.02. The Bertz CT molecular complexity index is 597. The van der Waals surface area contributed by atoms with Gasteiger partial charge in [0.25, 0.3) is 0 Å². The summed E-state index contributed by atoms with van der Waals surface area (Å²) >= 11 is 1.25. The maximum Gasteiger partial charge on any atom is 0.321 e. The van der Waals surface area contributed by atoms with Gasteiger partial charge in [-0.05, 0) is 63.2 Å². The molecule has 0 radical (unpaired) electrons. The quantitative estimate of drug-likeness (QED) is 0.723. The van der Waals surface area contributed by atoms with Crippen LogP contribution in [0.25, 0.3) is 0 Å². The zero-order chi connectivity index (χ0) is 16.7. The number of aromatic amines is 1. The van der Waals surface area contributed by atoms with Crippen LogP contribution in [0.5, 0.6) is 0 Å². The second kappa shape index (κ2) is 6.06. The Balaban J connectivity index is 1.32. The number of hydrogen-bond donors (Lipinski definition) is 3. The second-order valence-corrected chi connectivity index (χ2v) is 9.02. The van der Waals surface area contributed by atoms with Crippen molar-refractivity contribution in [2.45, 2.75) is 61.4 Å². The zero-order valence-corrected chi connectivity index (χ0v) is 14.6. The Hall–Kier alpha value is -1.57. The summed E-state index contributed by atoms with van der Waals surface area (Å²) in [5.41, 5.74) is -0.0829. The molecule has 0 saturated heterocycles. The summed E-state index contributed by atoms with van der Waals surface area (Å²) in [6.07, 6.45) is 8.59. The molecule has 130 valence electrons. The second-order valence-electron chi connectivity index (χ2n) is 7.69. The third-order valence-electron chi connectivity index (χ3n) is 5.70. The minimum Gasteiger partial charge on any atom is -0.332 e. The first kappa shape index (κ1) is 15.9. The molecule has 0 aliphatic heterocycles. The predicted molar refractivity (Wildman–Crippen MR) is 89.3 cm³/mol. The van der Waals surface area contributed by atoms with E-state index in [-0.39, 0.29) is 17.5 Å². The molecule has 4 aliphatic rings. The maximum absolute atomic E-state index is 12.4. The first-order valence-corrected chi connectivity index (χ1v) is 9.54. The van der Waals surface area contributed by atoms with Gasteiger partial charge in [-0.15, -0.1) is 0 Å². The van der Waals surface area contributed by atoms with Gasteiger partial charge >= 0.3 is 6.03 Å². The number of amides is 3. The van der Waals surface area contributed by atoms with E-state index in [4.69, 9.17) is 0 Å². The lowest BCUT2D eigenvalue weighted by Gasteiger charge is -2.56. The van der Waals surface area contributed by atoms with E-state index in [2.05, 4.69) is 25.8 Å². The molecule has 4 bridgehead atoms. The molecule has 3 N–H and O–H groups in total. The summed E-state index contributed by atoms with van der Waals surface area (Å²) in [6, 6.07) is -0.355. The molecule has 0 spiro atoms. The van der Waals surface area contributed by atoms with Crippen LogP contribution in [0.4, 0.5) is 4.79 Å². The van der Waals surface area contributed by atoms with Crippen LogP contribution in [0, 0.1) is 17.8 Å². The normalized spacial score (nSPS) is 34.8. The molecule has 8 heteroatoms. The van der Waals surface area contributed by atoms with Crippen LogP contribution >= 0.6 is 11.8 Å². The number of carbonyl (C=O) groups is 2. The first-order valence-electron chi connectivity index (χ1n) is 8.66. The van der Waals surface area contributed by atoms with E-state index in [1.165, 1.54) is 37.4 Å². The molecule has 0 unspecified atom stereocenters. The van der Waals surface area contributed by atoms with Crippen molar-refractivity contribution in [3.05, 3.63) is 6.33 Å². The molecule has 1 atom stereocenters. The largest absolute Gasteiger partial charge is 0.332 e. The first-order chi connectivity index (χ1) is 11.5. The van der Waals surface area contributed by atoms with Crippen LogP contribution in [0.1, 0.15) is 45.4 Å². The van der Waals surface area contributed by atoms with E-state index in [1.807, 2.05) is 0 Å². The van der Waals surface area contributed by atoms with Gasteiger partial charge in [-0.1, -0.05) is 11.8 Å². The Labute approximate surface area is 145 Å². The number of H-pyrrole nitrogens is 1. The van der Waals surface area contributed by atoms with Crippen molar-refractivity contribution < 1.29 is 9.59 Å². The minimum absolute atomic E-state index is 0.0829. The summed E-state index contributed by atoms with van der Waals surface area (Å²) in [5, 5.41) is 12.3. The number of nitrogens with zero attached hydrogens (tertiary/aromatic N) is 2. The number of hydrogen-bond acceptors (Lipinski definition) is 5. The van der Waals surface area contributed by atoms with Crippen LogP contribution in [0.15, 0.2) is 11.5 Å². The standard InChI is InChI=1S/C16H23N5O2S/c1-9(24-15-17-8-18-21-15)13(22)19-14(23)20-16-5-10-2-11(6-16)4-12(3-10)7-16/h8-12H,2-7H2,1H3,(H,17,18,21)(H2,19,20,22,23)/t9-,10?,11?,12?,16?/m0/s1. The van der Waals surface area contributed by atoms with Crippen LogP contribution in [-0.4, -0.2) is 37.9 Å². The van der Waals surface area contributed by atoms with E-state index in [1.54, 1.807) is 6.92 Å². The number of thioether (sulfide) groups is 1. The number of rotatable bonds is 4. The van der Waals surface area contributed by atoms with Gasteiger partial charge in [0.05, 0.1) is 5.25 Å². The fourth-order valence-corrected chi connectivity index (χ4v) is 5.94. The van der Waals surface area contributed by atoms with E-state index < -0.39 is 5.25 Å². The third kappa shape index (κ3) is 3.16. The van der Waals surface area contributed by atoms with Crippen molar-refractivity contribution in [1.29, 1.82) is 0 Å². The van der Waals surface area contributed by atoms with Gasteiger partial charge in [0.15, 0.2) is 5.16 Å². The molecule has 4 aliphatic carbocycles. The highest BCUT2D eigenvalue weighted by Gasteiger charge is 2.51. The average Bonchev–Trinajstić information content (AvgIpc) is 2.97. The fraction of sp³-hybridized carbons (Fsp3) is 0.750. The fourth-order valence-electron chi connectivity index (χ4n) is 5.22. The van der Waals surface area contributed by atoms with E-state index in [9.17, 15) is 9.59 Å². The molecular weight excluding hydrogens is 326 g/mol. The maximum atomic E-state index is 12.4. The summed E-state index contributed by atoms with van der Waals surface area (Å²) in [6.45, 7) is 1.75. The van der Waals surface area contributed by atoms with Gasteiger partial charge in [-0.25, -0.2) is 9.78 Å². The van der Waals surface area contributed by atoms with Gasteiger partial charge in [-0.2, -0.15) is 5.10 Å². The van der Waals surface area contributed by atoms with Crippen molar-refractivity contribution >= 4 is 23.7 Å². The van der Waals surface area contributed by atoms with Crippen molar-refractivity contribution in [3.63, 3.8) is 0 Å². The lowest BCUT2D eigenvalue weighted by atomic mass is 9.53. The van der Waals surface area contributed by atoms with E-state index in [0.29, 0.717) is 5.16 Å². The van der Waals surface area contributed by atoms with Gasteiger partial charge in [-0.3, -0.25) is 15.2 Å². The van der Waals surface area contributed by atoms with Crippen molar-refractivity contribution in [2.24, 2.45) is 17.8 Å². The highest BCUT2D eigenvalue weighted by atomic mass is 32.2. The number of aromatic nitrogens is 3. The van der Waals surface area contributed by atoms with E-state index in [0.717, 1.165) is 37.0 Å². The molecule has 0 aromatic carbocycles. The molecule has 1 aromatic heterocycles. The van der Waals surface area contributed by atoms with Crippen molar-refractivity contribution in [2.75, 3.05) is 0 Å². The molecule has 1 heterocycles. The molecule has 4 saturated carbocycles. The summed E-state index contributed by atoms with van der Waals surface area (Å²) in [4.78, 5) is 28.5. The zero-order valence-electron chi connectivity index (χ0n) is 13.7. The van der Waals surface area contributed by atoms with Gasteiger partial charge in [0, 0.05) is 5.54 Å². The minimum atomic E-state index is -0.417. The molecule has 7 nitrogen and oxygen atoms in total. The van der Waals surface area contributed by atoms with Gasteiger partial charge in [0.2, 0.25) is 5.91 Å². The monoisotopic (exact) mass is 349 g/mol. The number of urea groups is 1. The van der Waals surface area contributed by atoms with Gasteiger partial charge in [0.1, 0.15) is 6.33 Å². The summed E-state index contributed by atoms with van der Waals surface area (Å²) in [5.74, 6) is 1.97. The molecule has 24 heavy (non-hydrogen) atoms. The molecule has 3 amide bonds.